The van der Waals surface area contributed by atoms with Crippen molar-refractivity contribution in [3.8, 4) is 0 Å². The molecule has 0 saturated carbocycles. The molecule has 1 aromatic carbocycles. The van der Waals surface area contributed by atoms with Gasteiger partial charge in [0, 0.05) is 26.2 Å². The average Bonchev–Trinajstić information content (AvgIpc) is 2.54. The van der Waals surface area contributed by atoms with Crippen molar-refractivity contribution in [3.05, 3.63) is 35.9 Å². The van der Waals surface area contributed by atoms with Gasteiger partial charge in [-0.25, -0.2) is 12.7 Å². The summed E-state index contributed by atoms with van der Waals surface area (Å²) in [6.07, 6.45) is 1.93. The number of benzene rings is 1. The maximum Gasteiger partial charge on any atom is 0.211 e. The zero-order chi connectivity index (χ0) is 18.0. The van der Waals surface area contributed by atoms with Crippen molar-refractivity contribution in [2.45, 2.75) is 33.2 Å². The maximum atomic E-state index is 11.6. The fourth-order valence-corrected chi connectivity index (χ4v) is 3.28. The molecule has 1 rings (SSSR count). The Kier molecular flexibility index (Phi) is 12.0. The normalized spacial score (nSPS) is 13.2. The van der Waals surface area contributed by atoms with E-state index >= 15 is 0 Å². The van der Waals surface area contributed by atoms with Gasteiger partial charge in [-0.05, 0) is 25.8 Å². The largest absolute Gasteiger partial charge is 0.357 e. The Hall–Kier alpha value is -0.870. The number of sulfonamides is 1. The van der Waals surface area contributed by atoms with Gasteiger partial charge in [-0.15, -0.1) is 24.0 Å². The monoisotopic (exact) mass is 482 g/mol. The number of guanidine groups is 1. The highest BCUT2D eigenvalue weighted by Gasteiger charge is 2.13. The molecule has 0 aromatic heterocycles. The van der Waals surface area contributed by atoms with Gasteiger partial charge in [-0.1, -0.05) is 37.3 Å². The van der Waals surface area contributed by atoms with E-state index in [0.717, 1.165) is 12.5 Å². The van der Waals surface area contributed by atoms with Gasteiger partial charge in [0.15, 0.2) is 5.96 Å². The predicted octanol–water partition coefficient (Wildman–Crippen LogP) is 2.59. The van der Waals surface area contributed by atoms with Crippen LogP contribution in [-0.4, -0.2) is 51.1 Å². The fourth-order valence-electron chi connectivity index (χ4n) is 2.35. The lowest BCUT2D eigenvalue weighted by atomic mass is 10.1. The second-order valence-electron chi connectivity index (χ2n) is 5.65. The van der Waals surface area contributed by atoms with Gasteiger partial charge in [0.05, 0.1) is 12.3 Å². The van der Waals surface area contributed by atoms with Crippen LogP contribution in [0.4, 0.5) is 0 Å². The lowest BCUT2D eigenvalue weighted by Crippen LogP contribution is -2.39. The van der Waals surface area contributed by atoms with Crippen LogP contribution < -0.4 is 10.6 Å². The van der Waals surface area contributed by atoms with Gasteiger partial charge in [0.2, 0.25) is 10.0 Å². The Balaban J connectivity index is 0.00000576. The number of halogens is 1. The van der Waals surface area contributed by atoms with E-state index < -0.39 is 10.0 Å². The summed E-state index contributed by atoms with van der Waals surface area (Å²) in [5.74, 6) is 0.747. The van der Waals surface area contributed by atoms with Crippen LogP contribution in [0.5, 0.6) is 0 Å². The van der Waals surface area contributed by atoms with Crippen molar-refractivity contribution in [2.24, 2.45) is 4.99 Å². The zero-order valence-electron chi connectivity index (χ0n) is 15.5. The molecule has 25 heavy (non-hydrogen) atoms. The molecule has 6 nitrogen and oxygen atoms in total. The number of nitrogens with one attached hydrogen (secondary N) is 2. The van der Waals surface area contributed by atoms with Crippen LogP contribution in [0.2, 0.25) is 0 Å². The fraction of sp³-hybridized carbons (Fsp3) is 0.588. The topological polar surface area (TPSA) is 73.8 Å². The molecule has 0 aliphatic heterocycles. The smallest absolute Gasteiger partial charge is 0.211 e. The Bertz CT molecular complexity index is 608. The van der Waals surface area contributed by atoms with Crippen LogP contribution in [-0.2, 0) is 10.0 Å². The van der Waals surface area contributed by atoms with Crippen molar-refractivity contribution in [2.75, 3.05) is 32.4 Å². The Morgan fingerprint density at radius 2 is 1.88 bits per heavy atom. The van der Waals surface area contributed by atoms with Crippen LogP contribution in [0.25, 0.3) is 0 Å². The number of hydrogen-bond acceptors (Lipinski definition) is 3. The molecule has 0 aliphatic rings. The van der Waals surface area contributed by atoms with Gasteiger partial charge in [0.1, 0.15) is 0 Å². The average molecular weight is 482 g/mol. The maximum absolute atomic E-state index is 11.6. The molecule has 1 unspecified atom stereocenters. The van der Waals surface area contributed by atoms with E-state index in [4.69, 9.17) is 0 Å². The Morgan fingerprint density at radius 3 is 2.40 bits per heavy atom. The lowest BCUT2D eigenvalue weighted by molar-refractivity contribution is 0.427. The van der Waals surface area contributed by atoms with Crippen molar-refractivity contribution >= 4 is 40.0 Å². The zero-order valence-corrected chi connectivity index (χ0v) is 18.7. The van der Waals surface area contributed by atoms with Gasteiger partial charge < -0.3 is 10.6 Å². The first-order chi connectivity index (χ1) is 11.4. The van der Waals surface area contributed by atoms with Crippen LogP contribution >= 0.6 is 24.0 Å². The number of aliphatic imine (C=N–C) groups is 1. The summed E-state index contributed by atoms with van der Waals surface area (Å²) in [6, 6.07) is 10.3. The molecular weight excluding hydrogens is 451 g/mol. The molecule has 0 spiro atoms. The third-order valence-electron chi connectivity index (χ3n) is 3.65. The summed E-state index contributed by atoms with van der Waals surface area (Å²) in [4.78, 5) is 4.54. The van der Waals surface area contributed by atoms with Crippen molar-refractivity contribution in [3.63, 3.8) is 0 Å². The van der Waals surface area contributed by atoms with E-state index in [9.17, 15) is 8.42 Å². The third-order valence-corrected chi connectivity index (χ3v) is 5.03. The minimum atomic E-state index is -3.13. The minimum Gasteiger partial charge on any atom is -0.357 e. The van der Waals surface area contributed by atoms with E-state index in [2.05, 4.69) is 34.7 Å². The highest BCUT2D eigenvalue weighted by molar-refractivity contribution is 14.0. The minimum absolute atomic E-state index is 0. The predicted molar refractivity (Wildman–Crippen MR) is 116 cm³/mol. The number of nitrogens with zero attached hydrogens (tertiary/aromatic N) is 2. The van der Waals surface area contributed by atoms with Crippen LogP contribution in [0.15, 0.2) is 35.3 Å². The molecule has 0 aliphatic carbocycles. The second-order valence-corrected chi connectivity index (χ2v) is 7.63. The van der Waals surface area contributed by atoms with Gasteiger partial charge in [0.25, 0.3) is 0 Å². The quantitative estimate of drug-likeness (QED) is 0.246. The Labute approximate surface area is 169 Å². The van der Waals surface area contributed by atoms with Crippen molar-refractivity contribution in [1.29, 1.82) is 0 Å². The summed E-state index contributed by atoms with van der Waals surface area (Å²) < 4.78 is 24.6. The molecule has 8 heteroatoms. The van der Waals surface area contributed by atoms with E-state index in [1.807, 2.05) is 32.0 Å². The standard InChI is InChI=1S/C17H30N4O2S.HI/c1-5-18-17(20-15(3)16-11-8-7-9-12-16)19-13-10-14-21(6-2)24(4,22)23;/h7-9,11-12,15H,5-6,10,13-14H2,1-4H3,(H2,18,19,20);1H. The number of rotatable bonds is 9. The molecule has 0 heterocycles. The van der Waals surface area contributed by atoms with Gasteiger partial charge in [-0.2, -0.15) is 0 Å². The van der Waals surface area contributed by atoms with Crippen molar-refractivity contribution in [1.82, 2.24) is 14.9 Å². The lowest BCUT2D eigenvalue weighted by Gasteiger charge is -2.19. The number of hydrogen-bond donors (Lipinski definition) is 2. The summed E-state index contributed by atoms with van der Waals surface area (Å²) in [7, 11) is -3.13. The molecule has 0 fully saturated rings. The molecule has 0 saturated heterocycles. The first kappa shape index (κ1) is 24.1. The van der Waals surface area contributed by atoms with Crippen LogP contribution in [0, 0.1) is 0 Å². The summed E-state index contributed by atoms with van der Waals surface area (Å²) in [6.45, 7) is 8.29. The molecule has 0 amide bonds. The van der Waals surface area contributed by atoms with E-state index in [1.165, 1.54) is 16.1 Å². The molecular formula is C17H31IN4O2S. The molecule has 2 N–H and O–H groups in total. The van der Waals surface area contributed by atoms with E-state index in [0.29, 0.717) is 26.1 Å². The molecule has 0 bridgehead atoms. The van der Waals surface area contributed by atoms with E-state index in [1.54, 1.807) is 0 Å². The van der Waals surface area contributed by atoms with Crippen LogP contribution in [0.1, 0.15) is 38.8 Å². The first-order valence-electron chi connectivity index (χ1n) is 8.43. The molecule has 144 valence electrons. The highest BCUT2D eigenvalue weighted by Crippen LogP contribution is 2.10. The van der Waals surface area contributed by atoms with Crippen LogP contribution in [0.3, 0.4) is 0 Å². The van der Waals surface area contributed by atoms with Crippen molar-refractivity contribution < 1.29 is 8.42 Å². The third kappa shape index (κ3) is 9.41. The SMILES string of the molecule is CCNC(=NCCCN(CC)S(C)(=O)=O)NC(C)c1ccccc1.I. The van der Waals surface area contributed by atoms with Gasteiger partial charge in [-0.3, -0.25) is 4.99 Å². The highest BCUT2D eigenvalue weighted by atomic mass is 127. The van der Waals surface area contributed by atoms with Gasteiger partial charge >= 0.3 is 0 Å². The first-order valence-corrected chi connectivity index (χ1v) is 10.3. The Morgan fingerprint density at radius 1 is 1.24 bits per heavy atom. The summed E-state index contributed by atoms with van der Waals surface area (Å²) in [5, 5.41) is 6.60. The summed E-state index contributed by atoms with van der Waals surface area (Å²) >= 11 is 0. The molecule has 1 aromatic rings. The second kappa shape index (κ2) is 12.5. The summed E-state index contributed by atoms with van der Waals surface area (Å²) in [5.41, 5.74) is 1.19. The van der Waals surface area contributed by atoms with E-state index in [-0.39, 0.29) is 30.0 Å². The molecule has 1 atom stereocenters. The molecule has 0 radical (unpaired) electrons.